The Morgan fingerprint density at radius 1 is 1.17 bits per heavy atom. The average molecular weight is 268 g/mol. The van der Waals surface area contributed by atoms with Gasteiger partial charge in [0.05, 0.1) is 4.90 Å². The van der Waals surface area contributed by atoms with Crippen molar-refractivity contribution in [1.29, 1.82) is 0 Å². The molecule has 0 saturated carbocycles. The summed E-state index contributed by atoms with van der Waals surface area (Å²) >= 11 is 0. The molecule has 4 nitrogen and oxygen atoms in total. The summed E-state index contributed by atoms with van der Waals surface area (Å²) in [6.07, 6.45) is 2.83. The zero-order valence-corrected chi connectivity index (χ0v) is 11.5. The van der Waals surface area contributed by atoms with Gasteiger partial charge >= 0.3 is 0 Å². The minimum Gasteiger partial charge on any atom is -0.317 e. The van der Waals surface area contributed by atoms with E-state index in [1.165, 1.54) is 4.31 Å². The van der Waals surface area contributed by atoms with E-state index in [2.05, 4.69) is 5.32 Å². The highest BCUT2D eigenvalue weighted by Crippen LogP contribution is 2.20. The molecule has 0 spiro atoms. The van der Waals surface area contributed by atoms with Crippen molar-refractivity contribution in [3.63, 3.8) is 0 Å². The van der Waals surface area contributed by atoms with Crippen LogP contribution < -0.4 is 5.32 Å². The third-order valence-corrected chi connectivity index (χ3v) is 5.40. The fraction of sp³-hybridized carbons (Fsp3) is 0.538. The molecule has 0 bridgehead atoms. The molecule has 1 fully saturated rings. The Morgan fingerprint density at radius 3 is 2.61 bits per heavy atom. The van der Waals surface area contributed by atoms with E-state index in [0.717, 1.165) is 32.4 Å². The Labute approximate surface area is 109 Å². The van der Waals surface area contributed by atoms with E-state index in [9.17, 15) is 8.42 Å². The first kappa shape index (κ1) is 13.5. The van der Waals surface area contributed by atoms with Crippen LogP contribution in [-0.2, 0) is 10.0 Å². The Balaban J connectivity index is 2.19. The van der Waals surface area contributed by atoms with Gasteiger partial charge in [-0.2, -0.15) is 4.31 Å². The number of nitrogens with one attached hydrogen (secondary N) is 1. The Kier molecular flexibility index (Phi) is 4.37. The second-order valence-electron chi connectivity index (χ2n) is 4.67. The van der Waals surface area contributed by atoms with Crippen molar-refractivity contribution >= 4 is 10.0 Å². The monoisotopic (exact) mass is 268 g/mol. The van der Waals surface area contributed by atoms with Gasteiger partial charge in [0.25, 0.3) is 0 Å². The predicted molar refractivity (Wildman–Crippen MR) is 71.9 cm³/mol. The van der Waals surface area contributed by atoms with Gasteiger partial charge in [0.1, 0.15) is 0 Å². The fourth-order valence-electron chi connectivity index (χ4n) is 2.32. The Hall–Kier alpha value is -0.910. The second-order valence-corrected chi connectivity index (χ2v) is 6.67. The van der Waals surface area contributed by atoms with E-state index >= 15 is 0 Å². The summed E-state index contributed by atoms with van der Waals surface area (Å²) in [5, 5.41) is 3.30. The van der Waals surface area contributed by atoms with Gasteiger partial charge in [-0.3, -0.25) is 0 Å². The SMILES string of the molecule is CN(C1CCCNCC1)S(=O)(=O)c1ccccc1. The topological polar surface area (TPSA) is 49.4 Å². The van der Waals surface area contributed by atoms with Crippen molar-refractivity contribution < 1.29 is 8.42 Å². The zero-order valence-electron chi connectivity index (χ0n) is 10.7. The quantitative estimate of drug-likeness (QED) is 0.902. The second kappa shape index (κ2) is 5.82. The third-order valence-electron chi connectivity index (χ3n) is 3.48. The summed E-state index contributed by atoms with van der Waals surface area (Å²) in [5.41, 5.74) is 0. The lowest BCUT2D eigenvalue weighted by Gasteiger charge is -2.26. The van der Waals surface area contributed by atoms with Crippen LogP contribution in [0.2, 0.25) is 0 Å². The average Bonchev–Trinajstić information content (AvgIpc) is 2.67. The summed E-state index contributed by atoms with van der Waals surface area (Å²) in [5.74, 6) is 0. The van der Waals surface area contributed by atoms with Crippen LogP contribution in [-0.4, -0.2) is 38.9 Å². The third kappa shape index (κ3) is 2.91. The molecule has 2 rings (SSSR count). The van der Waals surface area contributed by atoms with Crippen LogP contribution >= 0.6 is 0 Å². The van der Waals surface area contributed by atoms with E-state index in [1.54, 1.807) is 31.3 Å². The maximum Gasteiger partial charge on any atom is 0.243 e. The molecule has 0 amide bonds. The lowest BCUT2D eigenvalue weighted by Crippen LogP contribution is -2.37. The molecule has 18 heavy (non-hydrogen) atoms. The van der Waals surface area contributed by atoms with Crippen LogP contribution in [0.5, 0.6) is 0 Å². The first-order valence-electron chi connectivity index (χ1n) is 6.36. The van der Waals surface area contributed by atoms with Crippen molar-refractivity contribution in [1.82, 2.24) is 9.62 Å². The molecule has 1 saturated heterocycles. The van der Waals surface area contributed by atoms with E-state index in [-0.39, 0.29) is 6.04 Å². The van der Waals surface area contributed by atoms with Gasteiger partial charge in [-0.15, -0.1) is 0 Å². The molecule has 1 atom stereocenters. The van der Waals surface area contributed by atoms with Crippen molar-refractivity contribution in [2.24, 2.45) is 0 Å². The summed E-state index contributed by atoms with van der Waals surface area (Å²) in [6, 6.07) is 8.76. The molecule has 1 aromatic carbocycles. The highest BCUT2D eigenvalue weighted by atomic mass is 32.2. The number of sulfonamides is 1. The largest absolute Gasteiger partial charge is 0.317 e. The van der Waals surface area contributed by atoms with Crippen molar-refractivity contribution in [2.75, 3.05) is 20.1 Å². The van der Waals surface area contributed by atoms with Gasteiger partial charge < -0.3 is 5.32 Å². The summed E-state index contributed by atoms with van der Waals surface area (Å²) in [6.45, 7) is 1.87. The van der Waals surface area contributed by atoms with Crippen LogP contribution in [0.1, 0.15) is 19.3 Å². The standard InChI is InChI=1S/C13H20N2O2S/c1-15(12-6-5-10-14-11-9-12)18(16,17)13-7-3-2-4-8-13/h2-4,7-8,12,14H,5-6,9-11H2,1H3. The molecular formula is C13H20N2O2S. The molecule has 100 valence electrons. The molecule has 1 N–H and O–H groups in total. The van der Waals surface area contributed by atoms with Gasteiger partial charge in [0, 0.05) is 13.1 Å². The van der Waals surface area contributed by atoms with E-state index in [4.69, 9.17) is 0 Å². The fourth-order valence-corrected chi connectivity index (χ4v) is 3.76. The Bertz CT molecular complexity index is 465. The molecule has 0 aliphatic carbocycles. The smallest absolute Gasteiger partial charge is 0.243 e. The molecule has 5 heteroatoms. The van der Waals surface area contributed by atoms with Gasteiger partial charge in [-0.25, -0.2) is 8.42 Å². The Morgan fingerprint density at radius 2 is 1.89 bits per heavy atom. The van der Waals surface area contributed by atoms with E-state index in [1.807, 2.05) is 6.07 Å². The lowest BCUT2D eigenvalue weighted by atomic mass is 10.1. The van der Waals surface area contributed by atoms with Crippen LogP contribution in [0.15, 0.2) is 35.2 Å². The first-order chi connectivity index (χ1) is 8.62. The lowest BCUT2D eigenvalue weighted by molar-refractivity contribution is 0.341. The highest BCUT2D eigenvalue weighted by molar-refractivity contribution is 7.89. The van der Waals surface area contributed by atoms with Crippen molar-refractivity contribution in [3.05, 3.63) is 30.3 Å². The maximum atomic E-state index is 12.4. The van der Waals surface area contributed by atoms with Gasteiger partial charge in [0.15, 0.2) is 0 Å². The molecule has 1 aliphatic rings. The number of rotatable bonds is 3. The highest BCUT2D eigenvalue weighted by Gasteiger charge is 2.27. The van der Waals surface area contributed by atoms with E-state index in [0.29, 0.717) is 4.90 Å². The summed E-state index contributed by atoms with van der Waals surface area (Å²) in [7, 11) is -1.66. The van der Waals surface area contributed by atoms with Gasteiger partial charge in [-0.1, -0.05) is 18.2 Å². The number of hydrogen-bond acceptors (Lipinski definition) is 3. The summed E-state index contributed by atoms with van der Waals surface area (Å²) < 4.78 is 26.4. The van der Waals surface area contributed by atoms with Crippen molar-refractivity contribution in [2.45, 2.75) is 30.2 Å². The molecule has 1 heterocycles. The van der Waals surface area contributed by atoms with Crippen LogP contribution in [0.4, 0.5) is 0 Å². The summed E-state index contributed by atoms with van der Waals surface area (Å²) in [4.78, 5) is 0.379. The molecule has 1 unspecified atom stereocenters. The van der Waals surface area contributed by atoms with Crippen LogP contribution in [0.25, 0.3) is 0 Å². The van der Waals surface area contributed by atoms with Crippen LogP contribution in [0, 0.1) is 0 Å². The van der Waals surface area contributed by atoms with Crippen molar-refractivity contribution in [3.8, 4) is 0 Å². The zero-order chi connectivity index (χ0) is 13.0. The molecule has 1 aromatic rings. The maximum absolute atomic E-state index is 12.4. The molecule has 1 aliphatic heterocycles. The molecule has 0 radical (unpaired) electrons. The van der Waals surface area contributed by atoms with Gasteiger partial charge in [-0.05, 0) is 44.5 Å². The molecule has 0 aromatic heterocycles. The van der Waals surface area contributed by atoms with E-state index < -0.39 is 10.0 Å². The van der Waals surface area contributed by atoms with Crippen LogP contribution in [0.3, 0.4) is 0 Å². The minimum atomic E-state index is -3.35. The number of nitrogens with zero attached hydrogens (tertiary/aromatic N) is 1. The molecular weight excluding hydrogens is 248 g/mol. The normalized spacial score (nSPS) is 21.8. The van der Waals surface area contributed by atoms with Gasteiger partial charge in [0.2, 0.25) is 10.0 Å². The predicted octanol–water partition coefficient (Wildman–Crippen LogP) is 1.45. The minimum absolute atomic E-state index is 0.102. The first-order valence-corrected chi connectivity index (χ1v) is 7.80. The number of benzene rings is 1. The number of hydrogen-bond donors (Lipinski definition) is 1.